The van der Waals surface area contributed by atoms with Crippen molar-refractivity contribution in [2.75, 3.05) is 7.05 Å². The number of aryl methyl sites for hydroxylation is 1. The van der Waals surface area contributed by atoms with Crippen LogP contribution in [0.3, 0.4) is 0 Å². The number of nitrogens with one attached hydrogen (secondary N) is 3. The van der Waals surface area contributed by atoms with Crippen LogP contribution >= 0.6 is 23.8 Å². The monoisotopic (exact) mass is 399 g/mol. The summed E-state index contributed by atoms with van der Waals surface area (Å²) in [6, 6.07) is 16.5. The molecular formula is C19H18ClN5OS. The fourth-order valence-electron chi connectivity index (χ4n) is 2.65. The zero-order valence-corrected chi connectivity index (χ0v) is 16.4. The topological polar surface area (TPSA) is 74.2 Å². The average molecular weight is 400 g/mol. The van der Waals surface area contributed by atoms with Gasteiger partial charge >= 0.3 is 0 Å². The first kappa shape index (κ1) is 18.9. The maximum Gasteiger partial charge on any atom is 0.281 e. The normalized spacial score (nSPS) is 11.3. The number of H-pyrrole nitrogens is 1. The first-order valence-corrected chi connectivity index (χ1v) is 8.98. The van der Waals surface area contributed by atoms with Crippen molar-refractivity contribution in [3.05, 3.63) is 86.8 Å². The van der Waals surface area contributed by atoms with E-state index >= 15 is 0 Å². The van der Waals surface area contributed by atoms with Crippen molar-refractivity contribution in [2.45, 2.75) is 6.92 Å². The molecule has 0 aliphatic heterocycles. The van der Waals surface area contributed by atoms with Crippen LogP contribution < -0.4 is 16.3 Å². The Kier molecular flexibility index (Phi) is 5.73. The van der Waals surface area contributed by atoms with Crippen molar-refractivity contribution >= 4 is 34.6 Å². The largest absolute Gasteiger partial charge is 0.364 e. The Morgan fingerprint density at radius 1 is 1.19 bits per heavy atom. The quantitative estimate of drug-likeness (QED) is 0.358. The predicted octanol–water partition coefficient (Wildman–Crippen LogP) is 2.97. The molecule has 0 bridgehead atoms. The standard InChI is InChI=1S/C19H18ClN5OS/c1-12-16(18(26)25(24-12)15-9-4-3-5-10-15)17(22-23-19(27)21-2)13-7-6-8-14(20)11-13/h3-11,24H,1-2H3,(H2,21,23,27)/b22-17+. The highest BCUT2D eigenvalue weighted by molar-refractivity contribution is 7.80. The first-order valence-electron chi connectivity index (χ1n) is 8.20. The second kappa shape index (κ2) is 8.20. The van der Waals surface area contributed by atoms with Gasteiger partial charge in [-0.3, -0.25) is 15.3 Å². The second-order valence-electron chi connectivity index (χ2n) is 5.75. The number of hydrazone groups is 1. The molecule has 138 valence electrons. The van der Waals surface area contributed by atoms with Crippen molar-refractivity contribution < 1.29 is 0 Å². The first-order chi connectivity index (χ1) is 13.0. The number of benzene rings is 2. The third kappa shape index (κ3) is 4.10. The van der Waals surface area contributed by atoms with Crippen molar-refractivity contribution in [1.29, 1.82) is 0 Å². The summed E-state index contributed by atoms with van der Waals surface area (Å²) in [6.45, 7) is 1.83. The number of aromatic nitrogens is 2. The van der Waals surface area contributed by atoms with Gasteiger partial charge in [0.15, 0.2) is 5.11 Å². The minimum Gasteiger partial charge on any atom is -0.364 e. The van der Waals surface area contributed by atoms with E-state index in [1.807, 2.05) is 43.3 Å². The van der Waals surface area contributed by atoms with E-state index in [0.717, 1.165) is 5.69 Å². The van der Waals surface area contributed by atoms with E-state index in [1.165, 1.54) is 4.68 Å². The predicted molar refractivity (Wildman–Crippen MR) is 113 cm³/mol. The summed E-state index contributed by atoms with van der Waals surface area (Å²) in [6.07, 6.45) is 0. The number of aromatic amines is 1. The molecule has 0 aliphatic carbocycles. The van der Waals surface area contributed by atoms with Gasteiger partial charge in [0.1, 0.15) is 5.71 Å². The molecule has 6 nitrogen and oxygen atoms in total. The number of hydrogen-bond donors (Lipinski definition) is 3. The number of nitrogens with zero attached hydrogens (tertiary/aromatic N) is 2. The second-order valence-corrected chi connectivity index (χ2v) is 6.59. The smallest absolute Gasteiger partial charge is 0.281 e. The van der Waals surface area contributed by atoms with E-state index in [9.17, 15) is 4.79 Å². The summed E-state index contributed by atoms with van der Waals surface area (Å²) < 4.78 is 1.49. The highest BCUT2D eigenvalue weighted by Gasteiger charge is 2.20. The molecular weight excluding hydrogens is 382 g/mol. The molecule has 3 aromatic rings. The van der Waals surface area contributed by atoms with Gasteiger partial charge in [0.2, 0.25) is 0 Å². The van der Waals surface area contributed by atoms with Crippen molar-refractivity contribution in [3.8, 4) is 5.69 Å². The Balaban J connectivity index is 2.17. The molecule has 0 fully saturated rings. The van der Waals surface area contributed by atoms with Crippen LogP contribution in [0.25, 0.3) is 5.69 Å². The van der Waals surface area contributed by atoms with Crippen molar-refractivity contribution in [2.24, 2.45) is 5.10 Å². The van der Waals surface area contributed by atoms with Crippen LogP contribution in [0, 0.1) is 6.92 Å². The van der Waals surface area contributed by atoms with Gasteiger partial charge < -0.3 is 5.32 Å². The SMILES string of the molecule is CNC(=S)N/N=C(\c1cccc(Cl)c1)c1c(C)[nH]n(-c2ccccc2)c1=O. The molecule has 0 unspecified atom stereocenters. The Hall–Kier alpha value is -2.90. The van der Waals surface area contributed by atoms with Gasteiger partial charge in [0.25, 0.3) is 5.56 Å². The molecule has 1 heterocycles. The molecule has 0 saturated carbocycles. The average Bonchev–Trinajstić information content (AvgIpc) is 2.97. The van der Waals surface area contributed by atoms with Gasteiger partial charge in [-0.2, -0.15) is 5.10 Å². The zero-order chi connectivity index (χ0) is 19.4. The molecule has 0 amide bonds. The van der Waals surface area contributed by atoms with Gasteiger partial charge in [-0.25, -0.2) is 4.68 Å². The Bertz CT molecular complexity index is 1060. The number of thiocarbonyl (C=S) groups is 1. The van der Waals surface area contributed by atoms with Crippen LogP contribution in [0.4, 0.5) is 0 Å². The van der Waals surface area contributed by atoms with Crippen LogP contribution in [-0.2, 0) is 0 Å². The maximum absolute atomic E-state index is 13.1. The Morgan fingerprint density at radius 2 is 1.93 bits per heavy atom. The highest BCUT2D eigenvalue weighted by Crippen LogP contribution is 2.16. The minimum atomic E-state index is -0.213. The van der Waals surface area contributed by atoms with Gasteiger partial charge in [0, 0.05) is 23.3 Å². The summed E-state index contributed by atoms with van der Waals surface area (Å²) in [7, 11) is 1.69. The van der Waals surface area contributed by atoms with Crippen LogP contribution in [0.5, 0.6) is 0 Å². The molecule has 3 N–H and O–H groups in total. The molecule has 0 spiro atoms. The minimum absolute atomic E-state index is 0.213. The maximum atomic E-state index is 13.1. The van der Waals surface area contributed by atoms with Crippen molar-refractivity contribution in [3.63, 3.8) is 0 Å². The third-order valence-electron chi connectivity index (χ3n) is 3.92. The van der Waals surface area contributed by atoms with Crippen LogP contribution in [0.1, 0.15) is 16.8 Å². The number of para-hydroxylation sites is 1. The fourth-order valence-corrected chi connectivity index (χ4v) is 2.88. The lowest BCUT2D eigenvalue weighted by Crippen LogP contribution is -2.31. The lowest BCUT2D eigenvalue weighted by atomic mass is 10.0. The van der Waals surface area contributed by atoms with E-state index in [1.54, 1.807) is 25.2 Å². The van der Waals surface area contributed by atoms with Gasteiger partial charge in [-0.05, 0) is 43.4 Å². The van der Waals surface area contributed by atoms with E-state index in [0.29, 0.717) is 32.7 Å². The van der Waals surface area contributed by atoms with Crippen LogP contribution in [-0.4, -0.2) is 27.7 Å². The van der Waals surface area contributed by atoms with E-state index in [4.69, 9.17) is 23.8 Å². The van der Waals surface area contributed by atoms with Crippen LogP contribution in [0.2, 0.25) is 5.02 Å². The lowest BCUT2D eigenvalue weighted by Gasteiger charge is -2.08. The van der Waals surface area contributed by atoms with Gasteiger partial charge in [-0.15, -0.1) is 0 Å². The molecule has 0 aliphatic rings. The van der Waals surface area contributed by atoms with Crippen molar-refractivity contribution in [1.82, 2.24) is 20.5 Å². The number of hydrogen-bond acceptors (Lipinski definition) is 3. The molecule has 0 radical (unpaired) electrons. The lowest BCUT2D eigenvalue weighted by molar-refractivity contribution is 0.835. The van der Waals surface area contributed by atoms with Gasteiger partial charge in [-0.1, -0.05) is 41.9 Å². The third-order valence-corrected chi connectivity index (χ3v) is 4.45. The fraction of sp³-hybridized carbons (Fsp3) is 0.105. The Morgan fingerprint density at radius 3 is 2.59 bits per heavy atom. The molecule has 8 heteroatoms. The molecule has 27 heavy (non-hydrogen) atoms. The number of rotatable bonds is 4. The molecule has 2 aromatic carbocycles. The Labute approximate surface area is 166 Å². The summed E-state index contributed by atoms with van der Waals surface area (Å²) in [4.78, 5) is 13.1. The van der Waals surface area contributed by atoms with E-state index in [2.05, 4.69) is 20.9 Å². The summed E-state index contributed by atoms with van der Waals surface area (Å²) >= 11 is 11.2. The molecule has 0 saturated heterocycles. The highest BCUT2D eigenvalue weighted by atomic mass is 35.5. The summed E-state index contributed by atoms with van der Waals surface area (Å²) in [5.41, 5.74) is 5.55. The van der Waals surface area contributed by atoms with Gasteiger partial charge in [0.05, 0.1) is 11.3 Å². The zero-order valence-electron chi connectivity index (χ0n) is 14.8. The molecule has 3 rings (SSSR count). The van der Waals surface area contributed by atoms with E-state index < -0.39 is 0 Å². The van der Waals surface area contributed by atoms with E-state index in [-0.39, 0.29) is 5.56 Å². The molecule has 0 atom stereocenters. The summed E-state index contributed by atoms with van der Waals surface area (Å²) in [5, 5.41) is 11.2. The molecule has 1 aromatic heterocycles. The number of halogens is 1. The summed E-state index contributed by atoms with van der Waals surface area (Å²) in [5.74, 6) is 0. The van der Waals surface area contributed by atoms with Crippen LogP contribution in [0.15, 0.2) is 64.5 Å².